The van der Waals surface area contributed by atoms with Crippen LogP contribution < -0.4 is 10.0 Å². The molecular weight excluding hydrogens is 384 g/mol. The summed E-state index contributed by atoms with van der Waals surface area (Å²) in [6.45, 7) is 5.50. The first-order valence-electron chi connectivity index (χ1n) is 9.32. The lowest BCUT2D eigenvalue weighted by Gasteiger charge is -2.15. The quantitative estimate of drug-likeness (QED) is 0.626. The van der Waals surface area contributed by atoms with Crippen molar-refractivity contribution in [1.82, 2.24) is 5.32 Å². The molecule has 2 N–H and O–H groups in total. The highest BCUT2D eigenvalue weighted by molar-refractivity contribution is 7.92. The normalized spacial score (nSPS) is 12.2. The standard InChI is InChI=1S/C23H24N2O3S/c1-16-12-13-17(2)22(14-16)29(27,28)25-21-11-7-10-20(15-21)23(26)24-18(3)19-8-5-4-6-9-19/h4-15,18,25H,1-3H3,(H,24,26)/t18-/m0/s1. The molecule has 0 aliphatic rings. The van der Waals surface area contributed by atoms with Crippen LogP contribution in [0.3, 0.4) is 0 Å². The van der Waals surface area contributed by atoms with E-state index in [0.29, 0.717) is 16.8 Å². The van der Waals surface area contributed by atoms with E-state index in [1.807, 2.05) is 50.2 Å². The van der Waals surface area contributed by atoms with Crippen LogP contribution in [0.2, 0.25) is 0 Å². The van der Waals surface area contributed by atoms with Gasteiger partial charge in [-0.1, -0.05) is 48.5 Å². The number of aryl methyl sites for hydroxylation is 2. The first kappa shape index (κ1) is 20.6. The van der Waals surface area contributed by atoms with Crippen molar-refractivity contribution in [3.8, 4) is 0 Å². The van der Waals surface area contributed by atoms with Crippen LogP contribution in [0.1, 0.15) is 40.0 Å². The molecule has 0 aromatic heterocycles. The summed E-state index contributed by atoms with van der Waals surface area (Å²) < 4.78 is 28.2. The zero-order valence-corrected chi connectivity index (χ0v) is 17.5. The molecule has 0 saturated heterocycles. The van der Waals surface area contributed by atoms with Gasteiger partial charge < -0.3 is 5.32 Å². The van der Waals surface area contributed by atoms with Crippen LogP contribution in [-0.2, 0) is 10.0 Å². The van der Waals surface area contributed by atoms with Gasteiger partial charge in [-0.15, -0.1) is 0 Å². The van der Waals surface area contributed by atoms with Gasteiger partial charge in [-0.2, -0.15) is 0 Å². The summed E-state index contributed by atoms with van der Waals surface area (Å²) in [4.78, 5) is 12.9. The van der Waals surface area contributed by atoms with E-state index in [4.69, 9.17) is 0 Å². The molecule has 0 aliphatic heterocycles. The maximum atomic E-state index is 12.8. The second-order valence-corrected chi connectivity index (χ2v) is 8.71. The number of rotatable bonds is 6. The molecule has 5 nitrogen and oxygen atoms in total. The highest BCUT2D eigenvalue weighted by atomic mass is 32.2. The van der Waals surface area contributed by atoms with E-state index in [1.54, 1.807) is 37.3 Å². The SMILES string of the molecule is Cc1ccc(C)c(S(=O)(=O)Nc2cccc(C(=O)N[C@@H](C)c3ccccc3)c2)c1. The number of sulfonamides is 1. The van der Waals surface area contributed by atoms with Gasteiger partial charge in [-0.05, 0) is 61.7 Å². The van der Waals surface area contributed by atoms with Crippen molar-refractivity contribution in [3.05, 3.63) is 95.1 Å². The lowest BCUT2D eigenvalue weighted by atomic mass is 10.1. The summed E-state index contributed by atoms with van der Waals surface area (Å²) in [5, 5.41) is 2.93. The second-order valence-electron chi connectivity index (χ2n) is 7.06. The van der Waals surface area contributed by atoms with Gasteiger partial charge >= 0.3 is 0 Å². The predicted molar refractivity (Wildman–Crippen MR) is 115 cm³/mol. The van der Waals surface area contributed by atoms with Crippen LogP contribution in [0, 0.1) is 13.8 Å². The number of anilines is 1. The Bertz CT molecular complexity index is 1130. The minimum atomic E-state index is -3.76. The summed E-state index contributed by atoms with van der Waals surface area (Å²) in [5.74, 6) is -0.269. The van der Waals surface area contributed by atoms with E-state index in [1.165, 1.54) is 6.07 Å². The van der Waals surface area contributed by atoms with Crippen LogP contribution >= 0.6 is 0 Å². The van der Waals surface area contributed by atoms with Gasteiger partial charge in [0.2, 0.25) is 0 Å². The van der Waals surface area contributed by atoms with Gasteiger partial charge in [0, 0.05) is 11.3 Å². The third kappa shape index (κ3) is 5.03. The summed E-state index contributed by atoms with van der Waals surface area (Å²) in [6, 6.07) is 21.2. The molecule has 3 aromatic carbocycles. The van der Waals surface area contributed by atoms with Crippen LogP contribution in [0.15, 0.2) is 77.7 Å². The Morgan fingerprint density at radius 3 is 2.34 bits per heavy atom. The Morgan fingerprint density at radius 2 is 1.62 bits per heavy atom. The molecule has 0 unspecified atom stereocenters. The minimum absolute atomic E-state index is 0.168. The first-order valence-corrected chi connectivity index (χ1v) is 10.8. The molecule has 29 heavy (non-hydrogen) atoms. The van der Waals surface area contributed by atoms with Crippen LogP contribution in [0.4, 0.5) is 5.69 Å². The maximum absolute atomic E-state index is 12.8. The van der Waals surface area contributed by atoms with Crippen molar-refractivity contribution in [3.63, 3.8) is 0 Å². The topological polar surface area (TPSA) is 75.3 Å². The predicted octanol–water partition coefficient (Wildman–Crippen LogP) is 4.60. The Morgan fingerprint density at radius 1 is 0.897 bits per heavy atom. The van der Waals surface area contributed by atoms with E-state index in [9.17, 15) is 13.2 Å². The van der Waals surface area contributed by atoms with Crippen molar-refractivity contribution in [2.45, 2.75) is 31.7 Å². The van der Waals surface area contributed by atoms with Gasteiger partial charge in [-0.25, -0.2) is 8.42 Å². The highest BCUT2D eigenvalue weighted by Gasteiger charge is 2.18. The number of hydrogen-bond acceptors (Lipinski definition) is 3. The van der Waals surface area contributed by atoms with Crippen LogP contribution in [0.5, 0.6) is 0 Å². The van der Waals surface area contributed by atoms with Crippen molar-refractivity contribution in [1.29, 1.82) is 0 Å². The molecule has 3 rings (SSSR count). The molecule has 6 heteroatoms. The zero-order valence-electron chi connectivity index (χ0n) is 16.6. The number of benzene rings is 3. The van der Waals surface area contributed by atoms with E-state index >= 15 is 0 Å². The summed E-state index contributed by atoms with van der Waals surface area (Å²) in [5.41, 5.74) is 3.24. The van der Waals surface area contributed by atoms with Gasteiger partial charge in [0.15, 0.2) is 0 Å². The molecule has 0 fully saturated rings. The summed E-state index contributed by atoms with van der Waals surface area (Å²) in [7, 11) is -3.76. The third-order valence-corrected chi connectivity index (χ3v) is 6.18. The average Bonchev–Trinajstić information content (AvgIpc) is 2.70. The molecule has 3 aromatic rings. The van der Waals surface area contributed by atoms with Crippen LogP contribution in [0.25, 0.3) is 0 Å². The molecule has 0 bridgehead atoms. The highest BCUT2D eigenvalue weighted by Crippen LogP contribution is 2.21. The minimum Gasteiger partial charge on any atom is -0.346 e. The van der Waals surface area contributed by atoms with Gasteiger partial charge in [-0.3, -0.25) is 9.52 Å². The number of hydrogen-bond donors (Lipinski definition) is 2. The van der Waals surface area contributed by atoms with Crippen molar-refractivity contribution < 1.29 is 13.2 Å². The molecule has 1 atom stereocenters. The van der Waals surface area contributed by atoms with Crippen molar-refractivity contribution >= 4 is 21.6 Å². The fraction of sp³-hybridized carbons (Fsp3) is 0.174. The Balaban J connectivity index is 1.79. The number of carbonyl (C=O) groups excluding carboxylic acids is 1. The van der Waals surface area contributed by atoms with E-state index in [2.05, 4.69) is 10.0 Å². The molecule has 150 valence electrons. The van der Waals surface area contributed by atoms with Gasteiger partial charge in [0.1, 0.15) is 0 Å². The first-order chi connectivity index (χ1) is 13.8. The number of amides is 1. The zero-order chi connectivity index (χ0) is 21.0. The molecule has 0 spiro atoms. The van der Waals surface area contributed by atoms with Gasteiger partial charge in [0.05, 0.1) is 10.9 Å². The smallest absolute Gasteiger partial charge is 0.262 e. The van der Waals surface area contributed by atoms with Crippen molar-refractivity contribution in [2.24, 2.45) is 0 Å². The third-order valence-electron chi connectivity index (χ3n) is 4.66. The molecule has 0 saturated carbocycles. The summed E-state index contributed by atoms with van der Waals surface area (Å²) in [6.07, 6.45) is 0. The van der Waals surface area contributed by atoms with E-state index in [-0.39, 0.29) is 16.8 Å². The Labute approximate surface area is 171 Å². The van der Waals surface area contributed by atoms with Crippen molar-refractivity contribution in [2.75, 3.05) is 4.72 Å². The fourth-order valence-electron chi connectivity index (χ4n) is 3.04. The largest absolute Gasteiger partial charge is 0.346 e. The molecular formula is C23H24N2O3S. The number of carbonyl (C=O) groups is 1. The molecule has 1 amide bonds. The Kier molecular flexibility index (Phi) is 6.03. The summed E-state index contributed by atoms with van der Waals surface area (Å²) >= 11 is 0. The monoisotopic (exact) mass is 408 g/mol. The maximum Gasteiger partial charge on any atom is 0.262 e. The average molecular weight is 409 g/mol. The Hall–Kier alpha value is -3.12. The second kappa shape index (κ2) is 8.49. The number of nitrogens with one attached hydrogen (secondary N) is 2. The fourth-order valence-corrected chi connectivity index (χ4v) is 4.42. The van der Waals surface area contributed by atoms with Crippen LogP contribution in [-0.4, -0.2) is 14.3 Å². The lowest BCUT2D eigenvalue weighted by molar-refractivity contribution is 0.0940. The lowest BCUT2D eigenvalue weighted by Crippen LogP contribution is -2.26. The van der Waals surface area contributed by atoms with Gasteiger partial charge in [0.25, 0.3) is 15.9 Å². The molecule has 0 heterocycles. The van der Waals surface area contributed by atoms with E-state index in [0.717, 1.165) is 11.1 Å². The molecule has 0 radical (unpaired) electrons. The molecule has 0 aliphatic carbocycles. The van der Waals surface area contributed by atoms with E-state index < -0.39 is 10.0 Å².